The van der Waals surface area contributed by atoms with Crippen molar-refractivity contribution in [1.29, 1.82) is 0 Å². The Bertz CT molecular complexity index is 1990. The number of imidazole rings is 1. The Hall–Kier alpha value is -5.15. The molecule has 2 aliphatic heterocycles. The average molecular weight is 767 g/mol. The van der Waals surface area contributed by atoms with E-state index in [1.807, 2.05) is 13.8 Å². The number of piperazine rings is 1. The van der Waals surface area contributed by atoms with Gasteiger partial charge in [-0.3, -0.25) is 9.59 Å². The zero-order valence-corrected chi connectivity index (χ0v) is 31.0. The molecular weight excluding hydrogens is 725 g/mol. The third kappa shape index (κ3) is 8.31. The van der Waals surface area contributed by atoms with E-state index in [2.05, 4.69) is 42.7 Å². The molecule has 2 saturated heterocycles. The van der Waals surface area contributed by atoms with E-state index in [0.717, 1.165) is 32.1 Å². The SMILES string of the molecule is COC(=O)NC(C(=O)N1CCCC1c1ncc(-c2ccc(-c3cc(Cl)c(NC(=O)c4ccc(N5CCNCC5C)nc4)cc3C(F)(F)F)cc2)[nH]1)C(C)C. The maximum atomic E-state index is 14.5. The molecule has 0 radical (unpaired) electrons. The largest absolute Gasteiger partial charge is 0.453 e. The van der Waals surface area contributed by atoms with E-state index in [1.165, 1.54) is 19.4 Å². The normalized spacial score (nSPS) is 18.1. The lowest BCUT2D eigenvalue weighted by atomic mass is 9.97. The van der Waals surface area contributed by atoms with E-state index in [1.54, 1.807) is 47.5 Å². The molecule has 16 heteroatoms. The number of aromatic nitrogens is 3. The third-order valence-corrected chi connectivity index (χ3v) is 10.1. The summed E-state index contributed by atoms with van der Waals surface area (Å²) in [5.41, 5.74) is 0.412. The molecule has 2 fully saturated rings. The molecule has 54 heavy (non-hydrogen) atoms. The molecule has 286 valence electrons. The number of rotatable bonds is 9. The number of alkyl carbamates (subject to hydrolysis) is 1. The second-order valence-electron chi connectivity index (χ2n) is 13.8. The Morgan fingerprint density at radius 3 is 2.41 bits per heavy atom. The van der Waals surface area contributed by atoms with E-state index >= 15 is 0 Å². The molecule has 3 amide bonds. The van der Waals surface area contributed by atoms with Gasteiger partial charge >= 0.3 is 12.3 Å². The lowest BCUT2D eigenvalue weighted by Crippen LogP contribution is -2.51. The van der Waals surface area contributed by atoms with Gasteiger partial charge in [-0.1, -0.05) is 49.7 Å². The summed E-state index contributed by atoms with van der Waals surface area (Å²) in [4.78, 5) is 54.5. The second kappa shape index (κ2) is 16.1. The minimum absolute atomic E-state index is 0.0648. The molecular formula is C38H42ClF3N8O4. The van der Waals surface area contributed by atoms with Gasteiger partial charge in [0.05, 0.1) is 46.9 Å². The maximum Gasteiger partial charge on any atom is 0.417 e. The van der Waals surface area contributed by atoms with Gasteiger partial charge in [-0.05, 0) is 66.6 Å². The van der Waals surface area contributed by atoms with Crippen LogP contribution in [0.1, 0.15) is 61.4 Å². The van der Waals surface area contributed by atoms with Gasteiger partial charge in [-0.25, -0.2) is 14.8 Å². The molecule has 2 aromatic heterocycles. The van der Waals surface area contributed by atoms with Crippen LogP contribution in [0.25, 0.3) is 22.4 Å². The Morgan fingerprint density at radius 2 is 1.76 bits per heavy atom. The van der Waals surface area contributed by atoms with E-state index < -0.39 is 29.8 Å². The number of nitrogens with one attached hydrogen (secondary N) is 4. The van der Waals surface area contributed by atoms with Crippen molar-refractivity contribution in [3.63, 3.8) is 0 Å². The molecule has 6 rings (SSSR count). The lowest BCUT2D eigenvalue weighted by Gasteiger charge is -2.34. The number of anilines is 2. The Balaban J connectivity index is 1.18. The number of pyridine rings is 1. The van der Waals surface area contributed by atoms with Gasteiger partial charge in [0.2, 0.25) is 5.91 Å². The zero-order valence-electron chi connectivity index (χ0n) is 30.3. The predicted octanol–water partition coefficient (Wildman–Crippen LogP) is 6.91. The summed E-state index contributed by atoms with van der Waals surface area (Å²) in [5.74, 6) is 0.205. The molecule has 0 saturated carbocycles. The Kier molecular flexibility index (Phi) is 11.5. The van der Waals surface area contributed by atoms with Crippen molar-refractivity contribution in [3.8, 4) is 22.4 Å². The number of ether oxygens (including phenoxy) is 1. The van der Waals surface area contributed by atoms with Crippen LogP contribution < -0.4 is 20.9 Å². The number of H-pyrrole nitrogens is 1. The molecule has 0 bridgehead atoms. The van der Waals surface area contributed by atoms with Crippen LogP contribution in [0.2, 0.25) is 5.02 Å². The minimum Gasteiger partial charge on any atom is -0.453 e. The molecule has 3 unspecified atom stereocenters. The average Bonchev–Trinajstić information content (AvgIpc) is 3.85. The standard InChI is InChI=1S/C38H42ClF3N8O4/c1-21(2)33(48-37(53)54-4)36(52)50-14-5-6-31(50)34-45-20-30(46-34)24-9-7-23(8-10-24)26-16-28(39)29(17-27(26)38(40,41)42)47-35(51)25-11-12-32(44-19-25)49-15-13-43-18-22(49)3/h7-12,16-17,19-22,31,33,43H,5-6,13-15,18H2,1-4H3,(H,45,46)(H,47,51)(H,48,53). The van der Waals surface area contributed by atoms with Crippen LogP contribution in [-0.2, 0) is 15.7 Å². The van der Waals surface area contributed by atoms with Gasteiger partial charge in [-0.2, -0.15) is 13.2 Å². The van der Waals surface area contributed by atoms with Crippen molar-refractivity contribution in [2.24, 2.45) is 5.92 Å². The number of likely N-dealkylation sites (tertiary alicyclic amines) is 1. The molecule has 4 aromatic rings. The van der Waals surface area contributed by atoms with Crippen LogP contribution in [0.15, 0.2) is 60.9 Å². The molecule has 2 aliphatic rings. The summed E-state index contributed by atoms with van der Waals surface area (Å²) in [6, 6.07) is 10.9. The first-order chi connectivity index (χ1) is 25.7. The van der Waals surface area contributed by atoms with E-state index in [-0.39, 0.29) is 51.3 Å². The van der Waals surface area contributed by atoms with Crippen molar-refractivity contribution >= 4 is 41.0 Å². The number of carbonyl (C=O) groups is 3. The first kappa shape index (κ1) is 38.6. The number of benzene rings is 2. The van der Waals surface area contributed by atoms with Crippen molar-refractivity contribution in [2.45, 2.75) is 57.9 Å². The molecule has 3 atom stereocenters. The fourth-order valence-electron chi connectivity index (χ4n) is 6.88. The van der Waals surface area contributed by atoms with Crippen LogP contribution >= 0.6 is 11.6 Å². The van der Waals surface area contributed by atoms with Crippen molar-refractivity contribution in [2.75, 3.05) is 43.5 Å². The maximum absolute atomic E-state index is 14.5. The van der Waals surface area contributed by atoms with Gasteiger partial charge in [0.25, 0.3) is 5.91 Å². The zero-order chi connectivity index (χ0) is 38.7. The topological polar surface area (TPSA) is 145 Å². The van der Waals surface area contributed by atoms with Crippen LogP contribution in [0.4, 0.5) is 29.5 Å². The third-order valence-electron chi connectivity index (χ3n) is 9.81. The monoisotopic (exact) mass is 766 g/mol. The molecule has 4 N–H and O–H groups in total. The smallest absolute Gasteiger partial charge is 0.417 e. The van der Waals surface area contributed by atoms with E-state index in [9.17, 15) is 27.6 Å². The Labute approximate surface area is 315 Å². The molecule has 4 heterocycles. The van der Waals surface area contributed by atoms with E-state index in [4.69, 9.17) is 16.3 Å². The van der Waals surface area contributed by atoms with Gasteiger partial charge in [0.1, 0.15) is 17.7 Å². The number of carbonyl (C=O) groups excluding carboxylic acids is 3. The van der Waals surface area contributed by atoms with E-state index in [0.29, 0.717) is 35.9 Å². The number of methoxy groups -OCH3 is 1. The quantitative estimate of drug-likeness (QED) is 0.144. The van der Waals surface area contributed by atoms with Crippen molar-refractivity contribution in [1.82, 2.24) is 30.5 Å². The number of nitrogens with zero attached hydrogens (tertiary/aromatic N) is 4. The highest BCUT2D eigenvalue weighted by atomic mass is 35.5. The summed E-state index contributed by atoms with van der Waals surface area (Å²) in [6.45, 7) is 8.61. The highest BCUT2D eigenvalue weighted by Crippen LogP contribution is 2.42. The molecule has 2 aromatic carbocycles. The number of halogens is 4. The summed E-state index contributed by atoms with van der Waals surface area (Å²) >= 11 is 6.49. The number of hydrogen-bond donors (Lipinski definition) is 4. The van der Waals surface area contributed by atoms with Crippen LogP contribution in [-0.4, -0.2) is 83.1 Å². The molecule has 0 aliphatic carbocycles. The summed E-state index contributed by atoms with van der Waals surface area (Å²) in [7, 11) is 1.24. The fraction of sp³-hybridized carbons (Fsp3) is 0.395. The van der Waals surface area contributed by atoms with Crippen LogP contribution in [0.3, 0.4) is 0 Å². The first-order valence-electron chi connectivity index (χ1n) is 17.7. The van der Waals surface area contributed by atoms with Crippen molar-refractivity contribution < 1.29 is 32.3 Å². The first-order valence-corrected chi connectivity index (χ1v) is 18.1. The number of hydrogen-bond acceptors (Lipinski definition) is 8. The minimum atomic E-state index is -4.76. The molecule has 0 spiro atoms. The number of alkyl halides is 3. The van der Waals surface area contributed by atoms with Crippen LogP contribution in [0.5, 0.6) is 0 Å². The number of amides is 3. The second-order valence-corrected chi connectivity index (χ2v) is 14.2. The summed E-state index contributed by atoms with van der Waals surface area (Å²) < 4.78 is 48.1. The predicted molar refractivity (Wildman–Crippen MR) is 199 cm³/mol. The fourth-order valence-corrected chi connectivity index (χ4v) is 7.09. The van der Waals surface area contributed by atoms with Gasteiger partial charge in [0.15, 0.2) is 0 Å². The van der Waals surface area contributed by atoms with Gasteiger partial charge in [-0.15, -0.1) is 0 Å². The highest BCUT2D eigenvalue weighted by molar-refractivity contribution is 6.34. The highest BCUT2D eigenvalue weighted by Gasteiger charge is 2.38. The molecule has 12 nitrogen and oxygen atoms in total. The van der Waals surface area contributed by atoms with Crippen LogP contribution in [0, 0.1) is 5.92 Å². The summed E-state index contributed by atoms with van der Waals surface area (Å²) in [5, 5.41) is 8.39. The number of aromatic amines is 1. The summed E-state index contributed by atoms with van der Waals surface area (Å²) in [6.07, 6.45) is -1.03. The Morgan fingerprint density at radius 1 is 1.02 bits per heavy atom. The lowest BCUT2D eigenvalue weighted by molar-refractivity contribution is -0.137. The van der Waals surface area contributed by atoms with Crippen molar-refractivity contribution in [3.05, 3.63) is 82.9 Å². The van der Waals surface area contributed by atoms with Gasteiger partial charge in [0, 0.05) is 38.4 Å². The van der Waals surface area contributed by atoms with Gasteiger partial charge < -0.3 is 35.5 Å².